The zero-order chi connectivity index (χ0) is 18.4. The topological polar surface area (TPSA) is 45.2 Å². The fourth-order valence-corrected chi connectivity index (χ4v) is 3.51. The van der Waals surface area contributed by atoms with Gasteiger partial charge in [-0.2, -0.15) is 0 Å². The number of carbonyl (C=O) groups excluding carboxylic acids is 1. The van der Waals surface area contributed by atoms with Crippen LogP contribution < -0.4 is 5.32 Å². The Morgan fingerprint density at radius 3 is 2.85 bits per heavy atom. The molecule has 1 unspecified atom stereocenters. The summed E-state index contributed by atoms with van der Waals surface area (Å²) in [7, 11) is 0. The van der Waals surface area contributed by atoms with E-state index < -0.39 is 0 Å². The van der Waals surface area contributed by atoms with Crippen LogP contribution in [0.1, 0.15) is 48.5 Å². The second kappa shape index (κ2) is 8.79. The molecule has 2 heterocycles. The molecule has 1 aliphatic heterocycles. The summed E-state index contributed by atoms with van der Waals surface area (Å²) < 4.78 is 12.9. The molecule has 3 rings (SSSR count). The average molecular weight is 355 g/mol. The van der Waals surface area contributed by atoms with Gasteiger partial charge in [-0.15, -0.1) is 0 Å². The Morgan fingerprint density at radius 2 is 2.08 bits per heavy atom. The number of hydrogen-bond acceptors (Lipinski definition) is 3. The van der Waals surface area contributed by atoms with Crippen molar-refractivity contribution in [2.24, 2.45) is 0 Å². The van der Waals surface area contributed by atoms with Gasteiger partial charge in [0.05, 0.1) is 11.3 Å². The number of nitrogens with one attached hydrogen (secondary N) is 1. The molecule has 26 heavy (non-hydrogen) atoms. The Hall–Kier alpha value is -2.43. The Labute approximate surface area is 154 Å². The maximum absolute atomic E-state index is 12.9. The lowest BCUT2D eigenvalue weighted by Gasteiger charge is -2.35. The van der Waals surface area contributed by atoms with Crippen LogP contribution in [-0.2, 0) is 6.42 Å². The molecule has 1 atom stereocenters. The Morgan fingerprint density at radius 1 is 1.27 bits per heavy atom. The second-order valence-electron chi connectivity index (χ2n) is 6.82. The first-order chi connectivity index (χ1) is 12.7. The third-order valence-electron chi connectivity index (χ3n) is 5.00. The molecule has 0 saturated carbocycles. The van der Waals surface area contributed by atoms with E-state index in [1.807, 2.05) is 11.0 Å². The molecule has 1 aromatic carbocycles. The third kappa shape index (κ3) is 4.59. The van der Waals surface area contributed by atoms with E-state index in [4.69, 9.17) is 0 Å². The summed E-state index contributed by atoms with van der Waals surface area (Å²) in [6, 6.07) is 8.73. The fourth-order valence-electron chi connectivity index (χ4n) is 3.51. The van der Waals surface area contributed by atoms with Crippen molar-refractivity contribution in [3.63, 3.8) is 0 Å². The van der Waals surface area contributed by atoms with E-state index in [-0.39, 0.29) is 11.7 Å². The minimum Gasteiger partial charge on any atom is -0.383 e. The maximum Gasteiger partial charge on any atom is 0.255 e. The monoisotopic (exact) mass is 355 g/mol. The van der Waals surface area contributed by atoms with Crippen LogP contribution >= 0.6 is 0 Å². The summed E-state index contributed by atoms with van der Waals surface area (Å²) in [4.78, 5) is 19.1. The summed E-state index contributed by atoms with van der Waals surface area (Å²) >= 11 is 0. The number of aromatic nitrogens is 1. The van der Waals surface area contributed by atoms with Crippen LogP contribution in [0.2, 0.25) is 0 Å². The summed E-state index contributed by atoms with van der Waals surface area (Å²) in [5, 5.41) is 3.30. The largest absolute Gasteiger partial charge is 0.383 e. The number of nitrogens with zero attached hydrogens (tertiary/aromatic N) is 2. The van der Waals surface area contributed by atoms with E-state index in [0.717, 1.165) is 43.5 Å². The van der Waals surface area contributed by atoms with E-state index in [2.05, 4.69) is 17.2 Å². The summed E-state index contributed by atoms with van der Waals surface area (Å²) in [5.74, 6) is -0.147. The lowest BCUT2D eigenvalue weighted by Crippen LogP contribution is -2.43. The van der Waals surface area contributed by atoms with Crippen LogP contribution in [0, 0.1) is 5.82 Å². The number of likely N-dealkylation sites (tertiary alicyclic amines) is 1. The summed E-state index contributed by atoms with van der Waals surface area (Å²) in [5.41, 5.74) is 2.54. The van der Waals surface area contributed by atoms with Crippen LogP contribution in [0.3, 0.4) is 0 Å². The first-order valence-corrected chi connectivity index (χ1v) is 9.41. The standard InChI is InChI=1S/C21H26FN3O/c1-2-20-5-3-4-12-25(20)21(26)17-13-19(15-23-14-17)24-11-10-16-6-8-18(22)9-7-16/h6-9,13-15,20,24H,2-5,10-12H2,1H3. The van der Waals surface area contributed by atoms with Gasteiger partial charge in [-0.25, -0.2) is 4.39 Å². The highest BCUT2D eigenvalue weighted by atomic mass is 19.1. The first-order valence-electron chi connectivity index (χ1n) is 9.41. The molecule has 1 amide bonds. The van der Waals surface area contributed by atoms with Gasteiger partial charge in [-0.1, -0.05) is 19.1 Å². The van der Waals surface area contributed by atoms with Gasteiger partial charge in [0.2, 0.25) is 0 Å². The minimum atomic E-state index is -0.222. The van der Waals surface area contributed by atoms with Crippen LogP contribution in [0.25, 0.3) is 0 Å². The number of piperidine rings is 1. The molecule has 0 radical (unpaired) electrons. The van der Waals surface area contributed by atoms with Gasteiger partial charge in [0.1, 0.15) is 5.82 Å². The van der Waals surface area contributed by atoms with Gasteiger partial charge in [-0.3, -0.25) is 9.78 Å². The lowest BCUT2D eigenvalue weighted by molar-refractivity contribution is 0.0607. The summed E-state index contributed by atoms with van der Waals surface area (Å²) in [6.45, 7) is 3.67. The molecule has 138 valence electrons. The van der Waals surface area contributed by atoms with Crippen molar-refractivity contribution in [2.45, 2.75) is 45.1 Å². The molecule has 2 aromatic rings. The van der Waals surface area contributed by atoms with Gasteiger partial charge in [-0.05, 0) is 55.9 Å². The highest BCUT2D eigenvalue weighted by Crippen LogP contribution is 2.22. The number of benzene rings is 1. The highest BCUT2D eigenvalue weighted by molar-refractivity contribution is 5.95. The van der Waals surface area contributed by atoms with Crippen LogP contribution in [0.4, 0.5) is 10.1 Å². The molecule has 0 spiro atoms. The molecule has 1 fully saturated rings. The van der Waals surface area contributed by atoms with Crippen molar-refractivity contribution < 1.29 is 9.18 Å². The molecule has 4 nitrogen and oxygen atoms in total. The highest BCUT2D eigenvalue weighted by Gasteiger charge is 2.26. The molecular formula is C21H26FN3O. The molecule has 0 bridgehead atoms. The van der Waals surface area contributed by atoms with Gasteiger partial charge < -0.3 is 10.2 Å². The van der Waals surface area contributed by atoms with E-state index in [1.54, 1.807) is 24.5 Å². The van der Waals surface area contributed by atoms with Gasteiger partial charge in [0.15, 0.2) is 0 Å². The second-order valence-corrected chi connectivity index (χ2v) is 6.82. The normalized spacial score (nSPS) is 17.2. The fraction of sp³-hybridized carbons (Fsp3) is 0.429. The number of halogens is 1. The van der Waals surface area contributed by atoms with E-state index in [1.165, 1.54) is 18.6 Å². The third-order valence-corrected chi connectivity index (χ3v) is 5.00. The van der Waals surface area contributed by atoms with Crippen molar-refractivity contribution in [2.75, 3.05) is 18.4 Å². The van der Waals surface area contributed by atoms with E-state index >= 15 is 0 Å². The quantitative estimate of drug-likeness (QED) is 0.841. The van der Waals surface area contributed by atoms with E-state index in [0.29, 0.717) is 18.2 Å². The van der Waals surface area contributed by atoms with Gasteiger partial charge in [0, 0.05) is 31.5 Å². The van der Waals surface area contributed by atoms with Crippen molar-refractivity contribution >= 4 is 11.6 Å². The lowest BCUT2D eigenvalue weighted by atomic mass is 9.99. The zero-order valence-electron chi connectivity index (χ0n) is 15.2. The molecule has 5 heteroatoms. The summed E-state index contributed by atoms with van der Waals surface area (Å²) in [6.07, 6.45) is 8.52. The smallest absolute Gasteiger partial charge is 0.255 e. The maximum atomic E-state index is 12.9. The number of carbonyl (C=O) groups is 1. The number of pyridine rings is 1. The predicted molar refractivity (Wildman–Crippen MR) is 102 cm³/mol. The van der Waals surface area contributed by atoms with Crippen LogP contribution in [0.15, 0.2) is 42.7 Å². The zero-order valence-corrected chi connectivity index (χ0v) is 15.2. The molecule has 1 aliphatic rings. The first kappa shape index (κ1) is 18.4. The van der Waals surface area contributed by atoms with Gasteiger partial charge >= 0.3 is 0 Å². The van der Waals surface area contributed by atoms with Gasteiger partial charge in [0.25, 0.3) is 5.91 Å². The van der Waals surface area contributed by atoms with E-state index in [9.17, 15) is 9.18 Å². The molecule has 1 saturated heterocycles. The average Bonchev–Trinajstić information content (AvgIpc) is 2.69. The SMILES string of the molecule is CCC1CCCCN1C(=O)c1cncc(NCCc2ccc(F)cc2)c1. The van der Waals surface area contributed by atoms with Crippen molar-refractivity contribution in [1.82, 2.24) is 9.88 Å². The van der Waals surface area contributed by atoms with Crippen molar-refractivity contribution in [3.8, 4) is 0 Å². The van der Waals surface area contributed by atoms with Crippen molar-refractivity contribution in [3.05, 3.63) is 59.7 Å². The molecule has 1 aromatic heterocycles. The Kier molecular flexibility index (Phi) is 6.21. The molecule has 0 aliphatic carbocycles. The molecule has 1 N–H and O–H groups in total. The van der Waals surface area contributed by atoms with Crippen LogP contribution in [-0.4, -0.2) is 34.9 Å². The number of rotatable bonds is 6. The Balaban J connectivity index is 1.60. The number of hydrogen-bond donors (Lipinski definition) is 1. The molecular weight excluding hydrogens is 329 g/mol. The van der Waals surface area contributed by atoms with Crippen LogP contribution in [0.5, 0.6) is 0 Å². The predicted octanol–water partition coefficient (Wildman–Crippen LogP) is 4.28. The van der Waals surface area contributed by atoms with Crippen molar-refractivity contribution in [1.29, 1.82) is 0 Å². The number of amides is 1. The minimum absolute atomic E-state index is 0.0752. The Bertz CT molecular complexity index is 732. The number of anilines is 1.